The van der Waals surface area contributed by atoms with Crippen LogP contribution < -0.4 is 0 Å². The third-order valence-electron chi connectivity index (χ3n) is 4.88. The van der Waals surface area contributed by atoms with Crippen molar-refractivity contribution >= 4 is 28.8 Å². The van der Waals surface area contributed by atoms with Gasteiger partial charge in [0.2, 0.25) is 0 Å². The quantitative estimate of drug-likeness (QED) is 0.494. The second-order valence-electron chi connectivity index (χ2n) is 6.81. The molecule has 0 aliphatic rings. The molecule has 0 saturated heterocycles. The van der Waals surface area contributed by atoms with Crippen molar-refractivity contribution in [2.45, 2.75) is 13.8 Å². The SMILES string of the molecule is Cc1cc(C=Nc2ccc(O)c(C(=O)O)c2)c(C)n1-c1ccc2ncccc2c1. The monoisotopic (exact) mass is 385 g/mol. The van der Waals surface area contributed by atoms with Crippen LogP contribution in [0.15, 0.2) is 65.8 Å². The van der Waals surface area contributed by atoms with Gasteiger partial charge in [0.05, 0.1) is 11.2 Å². The van der Waals surface area contributed by atoms with Gasteiger partial charge in [-0.3, -0.25) is 9.98 Å². The van der Waals surface area contributed by atoms with Crippen LogP contribution >= 0.6 is 0 Å². The molecule has 0 amide bonds. The van der Waals surface area contributed by atoms with E-state index in [1.54, 1.807) is 18.5 Å². The van der Waals surface area contributed by atoms with E-state index >= 15 is 0 Å². The highest BCUT2D eigenvalue weighted by Gasteiger charge is 2.12. The number of benzene rings is 2. The summed E-state index contributed by atoms with van der Waals surface area (Å²) < 4.78 is 2.15. The van der Waals surface area contributed by atoms with Gasteiger partial charge in [-0.15, -0.1) is 0 Å². The topological polar surface area (TPSA) is 87.7 Å². The van der Waals surface area contributed by atoms with Crippen LogP contribution in [-0.2, 0) is 0 Å². The summed E-state index contributed by atoms with van der Waals surface area (Å²) in [6.45, 7) is 4.04. The molecule has 2 N–H and O–H groups in total. The van der Waals surface area contributed by atoms with Crippen molar-refractivity contribution < 1.29 is 15.0 Å². The first-order valence-electron chi connectivity index (χ1n) is 9.08. The Balaban J connectivity index is 1.71. The molecule has 0 aliphatic heterocycles. The van der Waals surface area contributed by atoms with Gasteiger partial charge in [-0.25, -0.2) is 4.79 Å². The summed E-state index contributed by atoms with van der Waals surface area (Å²) in [5.41, 5.74) is 5.28. The van der Waals surface area contributed by atoms with E-state index in [0.29, 0.717) is 5.69 Å². The van der Waals surface area contributed by atoms with Crippen molar-refractivity contribution in [3.63, 3.8) is 0 Å². The fourth-order valence-electron chi connectivity index (χ4n) is 3.44. The lowest BCUT2D eigenvalue weighted by molar-refractivity contribution is 0.0694. The van der Waals surface area contributed by atoms with Gasteiger partial charge in [-0.2, -0.15) is 0 Å². The molecule has 4 aromatic rings. The van der Waals surface area contributed by atoms with E-state index in [-0.39, 0.29) is 11.3 Å². The number of carboxylic acids is 1. The number of aromatic hydroxyl groups is 1. The Morgan fingerprint density at radius 3 is 2.72 bits per heavy atom. The van der Waals surface area contributed by atoms with Crippen molar-refractivity contribution in [2.24, 2.45) is 4.99 Å². The number of fused-ring (bicyclic) bond motifs is 1. The second-order valence-corrected chi connectivity index (χ2v) is 6.81. The first-order valence-corrected chi connectivity index (χ1v) is 9.08. The number of carboxylic acid groups (broad SMARTS) is 1. The van der Waals surface area contributed by atoms with E-state index in [2.05, 4.69) is 20.6 Å². The van der Waals surface area contributed by atoms with Gasteiger partial charge in [0.15, 0.2) is 0 Å². The predicted molar refractivity (Wildman–Crippen MR) is 113 cm³/mol. The summed E-state index contributed by atoms with van der Waals surface area (Å²) in [5.74, 6) is -1.47. The lowest BCUT2D eigenvalue weighted by atomic mass is 10.2. The summed E-state index contributed by atoms with van der Waals surface area (Å²) in [7, 11) is 0. The van der Waals surface area contributed by atoms with Crippen LogP contribution in [0.4, 0.5) is 5.69 Å². The molecule has 6 heteroatoms. The second kappa shape index (κ2) is 7.24. The molecule has 2 aromatic heterocycles. The normalized spacial score (nSPS) is 11.4. The van der Waals surface area contributed by atoms with Gasteiger partial charge in [0.1, 0.15) is 11.3 Å². The number of carbonyl (C=O) groups is 1. The minimum Gasteiger partial charge on any atom is -0.507 e. The highest BCUT2D eigenvalue weighted by Crippen LogP contribution is 2.25. The lowest BCUT2D eigenvalue weighted by Gasteiger charge is -2.10. The standard InChI is InChI=1S/C23H19N3O3/c1-14-10-17(13-25-18-5-8-22(27)20(12-18)23(28)29)15(2)26(14)19-6-7-21-16(11-19)4-3-9-24-21/h3-13,27H,1-2H3,(H,28,29). The Morgan fingerprint density at radius 1 is 1.10 bits per heavy atom. The molecule has 0 bridgehead atoms. The van der Waals surface area contributed by atoms with Crippen molar-refractivity contribution in [1.29, 1.82) is 0 Å². The Hall–Kier alpha value is -3.93. The minimum atomic E-state index is -1.19. The average molecular weight is 385 g/mol. The summed E-state index contributed by atoms with van der Waals surface area (Å²) in [4.78, 5) is 19.9. The molecule has 0 aliphatic carbocycles. The van der Waals surface area contributed by atoms with Gasteiger partial charge >= 0.3 is 5.97 Å². The van der Waals surface area contributed by atoms with Crippen LogP contribution in [0.25, 0.3) is 16.6 Å². The van der Waals surface area contributed by atoms with E-state index in [1.165, 1.54) is 12.1 Å². The number of hydrogen-bond donors (Lipinski definition) is 2. The molecule has 0 spiro atoms. The van der Waals surface area contributed by atoms with Gasteiger partial charge in [0.25, 0.3) is 0 Å². The third-order valence-corrected chi connectivity index (χ3v) is 4.88. The maximum absolute atomic E-state index is 11.2. The molecule has 6 nitrogen and oxygen atoms in total. The van der Waals surface area contributed by atoms with Crippen molar-refractivity contribution in [1.82, 2.24) is 9.55 Å². The number of hydrogen-bond acceptors (Lipinski definition) is 4. The molecule has 29 heavy (non-hydrogen) atoms. The summed E-state index contributed by atoms with van der Waals surface area (Å²) in [6.07, 6.45) is 3.49. The highest BCUT2D eigenvalue weighted by molar-refractivity contribution is 5.92. The summed E-state index contributed by atoms with van der Waals surface area (Å²) >= 11 is 0. The van der Waals surface area contributed by atoms with E-state index in [9.17, 15) is 9.90 Å². The molecule has 4 rings (SSSR count). The Labute approximate surface area is 167 Å². The van der Waals surface area contributed by atoms with Crippen molar-refractivity contribution in [3.8, 4) is 11.4 Å². The average Bonchev–Trinajstić information content (AvgIpc) is 3.00. The zero-order valence-electron chi connectivity index (χ0n) is 16.0. The Morgan fingerprint density at radius 2 is 1.93 bits per heavy atom. The first kappa shape index (κ1) is 18.4. The van der Waals surface area contributed by atoms with Gasteiger partial charge in [0, 0.05) is 40.4 Å². The summed E-state index contributed by atoms with van der Waals surface area (Å²) in [5, 5.41) is 19.8. The van der Waals surface area contributed by atoms with E-state index < -0.39 is 5.97 Å². The van der Waals surface area contributed by atoms with Crippen LogP contribution in [0, 0.1) is 13.8 Å². The Bertz CT molecular complexity index is 1270. The molecule has 0 atom stereocenters. The van der Waals surface area contributed by atoms with Crippen LogP contribution in [0.2, 0.25) is 0 Å². The van der Waals surface area contributed by atoms with E-state index in [1.807, 2.05) is 44.2 Å². The van der Waals surface area contributed by atoms with Crippen LogP contribution in [0.1, 0.15) is 27.3 Å². The number of nitrogens with zero attached hydrogens (tertiary/aromatic N) is 3. The smallest absolute Gasteiger partial charge is 0.339 e. The minimum absolute atomic E-state index is 0.171. The molecule has 0 fully saturated rings. The van der Waals surface area contributed by atoms with Crippen LogP contribution in [0.5, 0.6) is 5.75 Å². The zero-order chi connectivity index (χ0) is 20.5. The molecule has 2 aromatic carbocycles. The van der Waals surface area contributed by atoms with Crippen molar-refractivity contribution in [3.05, 3.63) is 83.3 Å². The molecule has 144 valence electrons. The number of aliphatic imine (C=N–C) groups is 1. The number of rotatable bonds is 4. The Kier molecular flexibility index (Phi) is 4.60. The van der Waals surface area contributed by atoms with E-state index in [4.69, 9.17) is 5.11 Å². The number of aryl methyl sites for hydroxylation is 1. The molecule has 0 saturated carbocycles. The molecule has 2 heterocycles. The molecular weight excluding hydrogens is 366 g/mol. The third kappa shape index (κ3) is 3.48. The lowest BCUT2D eigenvalue weighted by Crippen LogP contribution is -1.99. The molecule has 0 radical (unpaired) electrons. The predicted octanol–water partition coefficient (Wildman–Crippen LogP) is 4.80. The van der Waals surface area contributed by atoms with Gasteiger partial charge < -0.3 is 14.8 Å². The van der Waals surface area contributed by atoms with E-state index in [0.717, 1.165) is 33.5 Å². The number of aromatic carboxylic acids is 1. The fraction of sp³-hybridized carbons (Fsp3) is 0.0870. The van der Waals surface area contributed by atoms with Gasteiger partial charge in [-0.1, -0.05) is 6.07 Å². The number of pyridine rings is 1. The maximum atomic E-state index is 11.2. The number of phenols is 1. The first-order chi connectivity index (χ1) is 13.9. The molecular formula is C23H19N3O3. The highest BCUT2D eigenvalue weighted by atomic mass is 16.4. The maximum Gasteiger partial charge on any atom is 0.339 e. The largest absolute Gasteiger partial charge is 0.507 e. The van der Waals surface area contributed by atoms with Crippen LogP contribution in [0.3, 0.4) is 0 Å². The van der Waals surface area contributed by atoms with Crippen molar-refractivity contribution in [2.75, 3.05) is 0 Å². The fourth-order valence-corrected chi connectivity index (χ4v) is 3.44. The summed E-state index contributed by atoms with van der Waals surface area (Å²) in [6, 6.07) is 16.4. The number of aromatic nitrogens is 2. The molecule has 0 unspecified atom stereocenters. The van der Waals surface area contributed by atoms with Crippen LogP contribution in [-0.4, -0.2) is 31.9 Å². The van der Waals surface area contributed by atoms with Gasteiger partial charge in [-0.05, 0) is 62.4 Å². The zero-order valence-corrected chi connectivity index (χ0v) is 16.0.